The van der Waals surface area contributed by atoms with Gasteiger partial charge < -0.3 is 15.4 Å². The molecule has 0 aliphatic heterocycles. The van der Waals surface area contributed by atoms with Gasteiger partial charge in [0.2, 0.25) is 0 Å². The molecule has 1 aliphatic rings. The van der Waals surface area contributed by atoms with Crippen molar-refractivity contribution < 1.29 is 9.53 Å². The van der Waals surface area contributed by atoms with Gasteiger partial charge in [0, 0.05) is 29.9 Å². The lowest BCUT2D eigenvalue weighted by molar-refractivity contribution is 0.0981. The molecule has 0 spiro atoms. The number of carbonyl (C=O) groups excluding carboxylic acids is 1. The highest BCUT2D eigenvalue weighted by atomic mass is 16.6. The Labute approximate surface area is 147 Å². The van der Waals surface area contributed by atoms with Crippen LogP contribution in [0.2, 0.25) is 0 Å². The summed E-state index contributed by atoms with van der Waals surface area (Å²) < 4.78 is 5.48. The molecule has 0 radical (unpaired) electrons. The Hall–Kier alpha value is -2.57. The third-order valence-corrected chi connectivity index (χ3v) is 4.25. The average molecular weight is 343 g/mol. The molecule has 2 aromatic heterocycles. The molecule has 134 valence electrons. The van der Waals surface area contributed by atoms with Gasteiger partial charge in [0.25, 0.3) is 0 Å². The molecule has 1 fully saturated rings. The quantitative estimate of drug-likeness (QED) is 0.771. The van der Waals surface area contributed by atoms with Crippen molar-refractivity contribution in [3.05, 3.63) is 35.8 Å². The van der Waals surface area contributed by atoms with Crippen LogP contribution in [-0.4, -0.2) is 33.4 Å². The van der Waals surface area contributed by atoms with E-state index in [9.17, 15) is 4.79 Å². The Morgan fingerprint density at radius 2 is 2.16 bits per heavy atom. The summed E-state index contributed by atoms with van der Waals surface area (Å²) >= 11 is 0. The molecular weight excluding hydrogens is 318 g/mol. The number of carbonyl (C=O) groups is 1. The van der Waals surface area contributed by atoms with E-state index in [1.54, 1.807) is 6.20 Å². The molecule has 1 saturated carbocycles. The first-order valence-corrected chi connectivity index (χ1v) is 8.70. The standard InChI is InChI=1S/C18H25N5O2/c1-11(2)20-18(24)25-15-5-4-13(7-15)16-8-17(23-22-16)21-14-6-12(3)9-19-10-14/h6,8-11,13,15H,4-5,7H2,1-3H3,(H,20,24)(H2,21,22,23)/t13-,15+/m0/s1. The maximum absolute atomic E-state index is 11.7. The van der Waals surface area contributed by atoms with E-state index in [-0.39, 0.29) is 18.2 Å². The molecule has 25 heavy (non-hydrogen) atoms. The number of hydrogen-bond acceptors (Lipinski definition) is 5. The van der Waals surface area contributed by atoms with Gasteiger partial charge in [-0.3, -0.25) is 10.1 Å². The van der Waals surface area contributed by atoms with Crippen LogP contribution in [0.15, 0.2) is 24.5 Å². The van der Waals surface area contributed by atoms with Crippen molar-refractivity contribution in [2.24, 2.45) is 0 Å². The third kappa shape index (κ3) is 4.71. The number of rotatable bonds is 5. The number of aryl methyl sites for hydroxylation is 1. The fourth-order valence-corrected chi connectivity index (χ4v) is 3.13. The summed E-state index contributed by atoms with van der Waals surface area (Å²) in [5.74, 6) is 1.10. The van der Waals surface area contributed by atoms with Crippen LogP contribution in [0.3, 0.4) is 0 Å². The van der Waals surface area contributed by atoms with Gasteiger partial charge in [-0.1, -0.05) is 0 Å². The first-order valence-electron chi connectivity index (χ1n) is 8.70. The largest absolute Gasteiger partial charge is 0.446 e. The second kappa shape index (κ2) is 7.55. The number of H-pyrrole nitrogens is 1. The van der Waals surface area contributed by atoms with Crippen molar-refractivity contribution in [2.75, 3.05) is 5.32 Å². The monoisotopic (exact) mass is 343 g/mol. The van der Waals surface area contributed by atoms with Crippen molar-refractivity contribution in [2.45, 2.75) is 58.1 Å². The molecule has 7 nitrogen and oxygen atoms in total. The van der Waals surface area contributed by atoms with E-state index < -0.39 is 0 Å². The SMILES string of the molecule is Cc1cncc(Nc2cc([C@H]3CC[C@@H](OC(=O)NC(C)C)C3)[nH]n2)c1. The van der Waals surface area contributed by atoms with Crippen LogP contribution in [-0.2, 0) is 4.74 Å². The fourth-order valence-electron chi connectivity index (χ4n) is 3.13. The van der Waals surface area contributed by atoms with E-state index in [1.807, 2.05) is 39.1 Å². The predicted octanol–water partition coefficient (Wildman–Crippen LogP) is 3.63. The number of pyridine rings is 1. The summed E-state index contributed by atoms with van der Waals surface area (Å²) in [4.78, 5) is 15.9. The van der Waals surface area contributed by atoms with Crippen LogP contribution in [0, 0.1) is 6.92 Å². The van der Waals surface area contributed by atoms with Crippen LogP contribution in [0.1, 0.15) is 50.3 Å². The number of alkyl carbamates (subject to hydrolysis) is 1. The van der Waals surface area contributed by atoms with Crippen LogP contribution in [0.25, 0.3) is 0 Å². The highest BCUT2D eigenvalue weighted by molar-refractivity contribution is 5.67. The molecule has 1 amide bonds. The van der Waals surface area contributed by atoms with Gasteiger partial charge in [-0.2, -0.15) is 5.10 Å². The Balaban J connectivity index is 1.55. The third-order valence-electron chi connectivity index (χ3n) is 4.25. The number of nitrogens with one attached hydrogen (secondary N) is 3. The number of aromatic amines is 1. The van der Waals surface area contributed by atoms with Crippen LogP contribution in [0.5, 0.6) is 0 Å². The van der Waals surface area contributed by atoms with Crippen molar-refractivity contribution >= 4 is 17.6 Å². The zero-order chi connectivity index (χ0) is 17.8. The Morgan fingerprint density at radius 1 is 1.32 bits per heavy atom. The van der Waals surface area contributed by atoms with Gasteiger partial charge in [-0.25, -0.2) is 4.79 Å². The molecule has 2 heterocycles. The van der Waals surface area contributed by atoms with Crippen LogP contribution in [0.4, 0.5) is 16.3 Å². The van der Waals surface area contributed by atoms with Crippen LogP contribution < -0.4 is 10.6 Å². The van der Waals surface area contributed by atoms with Crippen LogP contribution >= 0.6 is 0 Å². The van der Waals surface area contributed by atoms with Crippen molar-refractivity contribution in [1.82, 2.24) is 20.5 Å². The summed E-state index contributed by atoms with van der Waals surface area (Å²) in [5.41, 5.74) is 3.07. The number of aromatic nitrogens is 3. The molecule has 2 aromatic rings. The van der Waals surface area contributed by atoms with E-state index in [4.69, 9.17) is 4.74 Å². The summed E-state index contributed by atoms with van der Waals surface area (Å²) in [6, 6.07) is 4.12. The lowest BCUT2D eigenvalue weighted by Crippen LogP contribution is -2.33. The molecule has 7 heteroatoms. The zero-order valence-corrected chi connectivity index (χ0v) is 14.9. The lowest BCUT2D eigenvalue weighted by atomic mass is 10.0. The second-order valence-corrected chi connectivity index (χ2v) is 6.92. The Bertz CT molecular complexity index is 728. The number of nitrogens with zero attached hydrogens (tertiary/aromatic N) is 2. The summed E-state index contributed by atoms with van der Waals surface area (Å²) in [7, 11) is 0. The molecule has 0 bridgehead atoms. The smallest absolute Gasteiger partial charge is 0.407 e. The maximum Gasteiger partial charge on any atom is 0.407 e. The highest BCUT2D eigenvalue weighted by Crippen LogP contribution is 2.36. The van der Waals surface area contributed by atoms with Crippen molar-refractivity contribution in [3.63, 3.8) is 0 Å². The predicted molar refractivity (Wildman–Crippen MR) is 96.0 cm³/mol. The number of amides is 1. The number of anilines is 2. The maximum atomic E-state index is 11.7. The molecule has 0 aromatic carbocycles. The minimum atomic E-state index is -0.334. The molecule has 3 rings (SSSR count). The zero-order valence-electron chi connectivity index (χ0n) is 14.9. The second-order valence-electron chi connectivity index (χ2n) is 6.92. The van der Waals surface area contributed by atoms with Gasteiger partial charge in [-0.05, 0) is 51.7 Å². The minimum Gasteiger partial charge on any atom is -0.446 e. The molecule has 3 N–H and O–H groups in total. The van der Waals surface area contributed by atoms with E-state index in [0.29, 0.717) is 5.92 Å². The first kappa shape index (κ1) is 17.3. The van der Waals surface area contributed by atoms with E-state index >= 15 is 0 Å². The molecule has 0 saturated heterocycles. The summed E-state index contributed by atoms with van der Waals surface area (Å²) in [6.07, 6.45) is 5.89. The number of hydrogen-bond donors (Lipinski definition) is 3. The molecule has 2 atom stereocenters. The highest BCUT2D eigenvalue weighted by Gasteiger charge is 2.30. The van der Waals surface area contributed by atoms with E-state index in [1.165, 1.54) is 0 Å². The summed E-state index contributed by atoms with van der Waals surface area (Å²) in [6.45, 7) is 5.84. The molecule has 0 unspecified atom stereocenters. The van der Waals surface area contributed by atoms with Gasteiger partial charge in [0.15, 0.2) is 5.82 Å². The van der Waals surface area contributed by atoms with Gasteiger partial charge >= 0.3 is 6.09 Å². The summed E-state index contributed by atoms with van der Waals surface area (Å²) in [5, 5.41) is 13.4. The van der Waals surface area contributed by atoms with E-state index in [0.717, 1.165) is 42.0 Å². The topological polar surface area (TPSA) is 91.9 Å². The molecular formula is C18H25N5O2. The van der Waals surface area contributed by atoms with Gasteiger partial charge in [-0.15, -0.1) is 0 Å². The first-order chi connectivity index (χ1) is 12.0. The fraction of sp³-hybridized carbons (Fsp3) is 0.500. The normalized spacial score (nSPS) is 19.8. The Kier molecular flexibility index (Phi) is 5.21. The van der Waals surface area contributed by atoms with E-state index in [2.05, 4.69) is 25.8 Å². The Morgan fingerprint density at radius 3 is 2.92 bits per heavy atom. The number of ether oxygens (including phenoxy) is 1. The molecule has 1 aliphatic carbocycles. The van der Waals surface area contributed by atoms with Crippen molar-refractivity contribution in [3.8, 4) is 0 Å². The van der Waals surface area contributed by atoms with Gasteiger partial charge in [0.05, 0.1) is 11.9 Å². The van der Waals surface area contributed by atoms with Gasteiger partial charge in [0.1, 0.15) is 6.10 Å². The average Bonchev–Trinajstić information content (AvgIpc) is 3.15. The lowest BCUT2D eigenvalue weighted by Gasteiger charge is -2.14. The minimum absolute atomic E-state index is 0.0376. The van der Waals surface area contributed by atoms with Crippen molar-refractivity contribution in [1.29, 1.82) is 0 Å².